The van der Waals surface area contributed by atoms with E-state index < -0.39 is 5.54 Å². The molecule has 1 fully saturated rings. The number of amides is 1. The predicted octanol–water partition coefficient (Wildman–Crippen LogP) is 0.979. The minimum absolute atomic E-state index is 0.194. The van der Waals surface area contributed by atoms with Crippen molar-refractivity contribution in [3.8, 4) is 0 Å². The molecule has 1 unspecified atom stereocenters. The van der Waals surface area contributed by atoms with Gasteiger partial charge in [0.05, 0.1) is 13.2 Å². The van der Waals surface area contributed by atoms with Crippen LogP contribution in [0.1, 0.15) is 12.7 Å². The summed E-state index contributed by atoms with van der Waals surface area (Å²) in [5.41, 5.74) is -0.933. The summed E-state index contributed by atoms with van der Waals surface area (Å²) in [5, 5.41) is 5.71. The first kappa shape index (κ1) is 13.1. The Labute approximate surface area is 113 Å². The standard InChI is InChI=1S/C11H14BrN3O3/c1-11(7-3-4-8(12)18-7)9(16)14-10(15-11)13-5-6-17-2/h3-4H,5-6H2,1-2H3,(H2,13,14,15,16). The summed E-state index contributed by atoms with van der Waals surface area (Å²) in [6.07, 6.45) is 0. The molecule has 0 saturated carbocycles. The van der Waals surface area contributed by atoms with Gasteiger partial charge in [0.25, 0.3) is 5.91 Å². The van der Waals surface area contributed by atoms with Crippen LogP contribution in [0.25, 0.3) is 0 Å². The Hall–Kier alpha value is -1.34. The number of carbonyl (C=O) groups is 1. The SMILES string of the molecule is COCCN=C1NC(=O)C(C)(c2ccc(Br)o2)N1. The Morgan fingerprint density at radius 1 is 1.56 bits per heavy atom. The largest absolute Gasteiger partial charge is 0.451 e. The molecule has 1 aliphatic heterocycles. The van der Waals surface area contributed by atoms with Crippen molar-refractivity contribution in [2.45, 2.75) is 12.5 Å². The van der Waals surface area contributed by atoms with Crippen LogP contribution in [0.4, 0.5) is 0 Å². The van der Waals surface area contributed by atoms with E-state index in [1.54, 1.807) is 26.2 Å². The Morgan fingerprint density at radius 2 is 2.33 bits per heavy atom. The highest BCUT2D eigenvalue weighted by atomic mass is 79.9. The Bertz CT molecular complexity index is 486. The van der Waals surface area contributed by atoms with Gasteiger partial charge in [-0.2, -0.15) is 0 Å². The molecule has 0 aliphatic carbocycles. The Morgan fingerprint density at radius 3 is 2.94 bits per heavy atom. The Kier molecular flexibility index (Phi) is 3.72. The van der Waals surface area contributed by atoms with E-state index in [4.69, 9.17) is 9.15 Å². The van der Waals surface area contributed by atoms with Gasteiger partial charge in [-0.25, -0.2) is 0 Å². The second kappa shape index (κ2) is 5.11. The molecule has 0 radical (unpaired) electrons. The highest BCUT2D eigenvalue weighted by Crippen LogP contribution is 2.27. The van der Waals surface area contributed by atoms with Gasteiger partial charge in [-0.05, 0) is 35.0 Å². The van der Waals surface area contributed by atoms with Crippen molar-refractivity contribution in [3.63, 3.8) is 0 Å². The summed E-state index contributed by atoms with van der Waals surface area (Å²) in [5.74, 6) is 0.774. The van der Waals surface area contributed by atoms with Gasteiger partial charge in [-0.1, -0.05) is 0 Å². The first-order chi connectivity index (χ1) is 8.56. The molecule has 18 heavy (non-hydrogen) atoms. The van der Waals surface area contributed by atoms with E-state index in [0.29, 0.717) is 29.5 Å². The number of guanidine groups is 1. The molecule has 1 aromatic rings. The molecular formula is C11H14BrN3O3. The van der Waals surface area contributed by atoms with Crippen LogP contribution in [0, 0.1) is 0 Å². The van der Waals surface area contributed by atoms with Crippen molar-refractivity contribution in [2.24, 2.45) is 4.99 Å². The van der Waals surface area contributed by atoms with E-state index in [9.17, 15) is 4.79 Å². The fourth-order valence-electron chi connectivity index (χ4n) is 1.64. The molecule has 2 rings (SSSR count). The minimum Gasteiger partial charge on any atom is -0.451 e. The van der Waals surface area contributed by atoms with Gasteiger partial charge in [0.2, 0.25) is 0 Å². The number of carbonyl (C=O) groups excluding carboxylic acids is 1. The van der Waals surface area contributed by atoms with Gasteiger partial charge < -0.3 is 14.5 Å². The van der Waals surface area contributed by atoms with Crippen LogP contribution in [0.15, 0.2) is 26.2 Å². The van der Waals surface area contributed by atoms with Gasteiger partial charge in [0.1, 0.15) is 5.76 Å². The number of hydrogen-bond donors (Lipinski definition) is 2. The molecule has 6 nitrogen and oxygen atoms in total. The fraction of sp³-hybridized carbons (Fsp3) is 0.455. The van der Waals surface area contributed by atoms with Gasteiger partial charge in [0.15, 0.2) is 16.2 Å². The van der Waals surface area contributed by atoms with E-state index in [1.807, 2.05) is 0 Å². The predicted molar refractivity (Wildman–Crippen MR) is 69.2 cm³/mol. The molecule has 98 valence electrons. The molecule has 1 aromatic heterocycles. The van der Waals surface area contributed by atoms with Gasteiger partial charge in [-0.3, -0.25) is 15.1 Å². The molecule has 1 atom stereocenters. The number of nitrogens with one attached hydrogen (secondary N) is 2. The molecule has 0 bridgehead atoms. The van der Waals surface area contributed by atoms with Crippen LogP contribution in [0.2, 0.25) is 0 Å². The fourth-order valence-corrected chi connectivity index (χ4v) is 1.95. The average Bonchev–Trinajstić information content (AvgIpc) is 2.86. The van der Waals surface area contributed by atoms with Crippen molar-refractivity contribution < 1.29 is 13.9 Å². The number of methoxy groups -OCH3 is 1. The van der Waals surface area contributed by atoms with Crippen LogP contribution in [-0.4, -0.2) is 32.1 Å². The summed E-state index contributed by atoms with van der Waals surface area (Å²) in [6, 6.07) is 3.49. The maximum absolute atomic E-state index is 12.0. The highest BCUT2D eigenvalue weighted by Gasteiger charge is 2.44. The maximum atomic E-state index is 12.0. The lowest BCUT2D eigenvalue weighted by atomic mass is 10.00. The van der Waals surface area contributed by atoms with Crippen LogP contribution < -0.4 is 10.6 Å². The number of aliphatic imine (C=N–C) groups is 1. The number of nitrogens with zero attached hydrogens (tertiary/aromatic N) is 1. The molecule has 0 spiro atoms. The van der Waals surface area contributed by atoms with E-state index in [0.717, 1.165) is 0 Å². The van der Waals surface area contributed by atoms with E-state index in [2.05, 4.69) is 31.6 Å². The zero-order chi connectivity index (χ0) is 13.2. The lowest BCUT2D eigenvalue weighted by molar-refractivity contribution is -0.124. The van der Waals surface area contributed by atoms with Crippen molar-refractivity contribution in [3.05, 3.63) is 22.6 Å². The van der Waals surface area contributed by atoms with Crippen LogP contribution in [-0.2, 0) is 15.1 Å². The molecule has 2 N–H and O–H groups in total. The monoisotopic (exact) mass is 315 g/mol. The molecular weight excluding hydrogens is 302 g/mol. The van der Waals surface area contributed by atoms with E-state index in [1.165, 1.54) is 0 Å². The lowest BCUT2D eigenvalue weighted by Crippen LogP contribution is -2.40. The molecule has 0 aromatic carbocycles. The summed E-state index contributed by atoms with van der Waals surface area (Å²) >= 11 is 3.22. The molecule has 1 aliphatic rings. The van der Waals surface area contributed by atoms with Crippen molar-refractivity contribution in [2.75, 3.05) is 20.3 Å². The van der Waals surface area contributed by atoms with Crippen LogP contribution >= 0.6 is 15.9 Å². The summed E-state index contributed by atoms with van der Waals surface area (Å²) in [6.45, 7) is 2.73. The normalized spacial score (nSPS) is 25.3. The third-order valence-corrected chi connectivity index (χ3v) is 3.11. The first-order valence-corrected chi connectivity index (χ1v) is 6.24. The topological polar surface area (TPSA) is 75.9 Å². The zero-order valence-electron chi connectivity index (χ0n) is 10.1. The summed E-state index contributed by atoms with van der Waals surface area (Å²) in [4.78, 5) is 16.2. The molecule has 2 heterocycles. The number of rotatable bonds is 4. The molecule has 1 saturated heterocycles. The number of hydrogen-bond acceptors (Lipinski definition) is 4. The van der Waals surface area contributed by atoms with E-state index in [-0.39, 0.29) is 5.91 Å². The number of furan rings is 1. The zero-order valence-corrected chi connectivity index (χ0v) is 11.7. The third-order valence-electron chi connectivity index (χ3n) is 2.69. The number of halogens is 1. The second-order valence-electron chi connectivity index (χ2n) is 4.03. The lowest BCUT2D eigenvalue weighted by Gasteiger charge is -2.17. The Balaban J connectivity index is 2.15. The molecule has 7 heteroatoms. The minimum atomic E-state index is -0.933. The molecule has 1 amide bonds. The third kappa shape index (κ3) is 2.41. The average molecular weight is 316 g/mol. The van der Waals surface area contributed by atoms with E-state index >= 15 is 0 Å². The quantitative estimate of drug-likeness (QED) is 0.812. The maximum Gasteiger partial charge on any atom is 0.260 e. The first-order valence-electron chi connectivity index (χ1n) is 5.45. The van der Waals surface area contributed by atoms with Gasteiger partial charge >= 0.3 is 0 Å². The highest BCUT2D eigenvalue weighted by molar-refractivity contribution is 9.10. The van der Waals surface area contributed by atoms with Gasteiger partial charge in [0, 0.05) is 7.11 Å². The van der Waals surface area contributed by atoms with Crippen LogP contribution in [0.3, 0.4) is 0 Å². The number of ether oxygens (including phenoxy) is 1. The smallest absolute Gasteiger partial charge is 0.260 e. The summed E-state index contributed by atoms with van der Waals surface area (Å²) in [7, 11) is 1.60. The summed E-state index contributed by atoms with van der Waals surface area (Å²) < 4.78 is 10.9. The van der Waals surface area contributed by atoms with Gasteiger partial charge in [-0.15, -0.1) is 0 Å². The van der Waals surface area contributed by atoms with Crippen molar-refractivity contribution >= 4 is 27.8 Å². The van der Waals surface area contributed by atoms with Crippen molar-refractivity contribution in [1.82, 2.24) is 10.6 Å². The second-order valence-corrected chi connectivity index (χ2v) is 4.81. The van der Waals surface area contributed by atoms with Crippen molar-refractivity contribution in [1.29, 1.82) is 0 Å². The van der Waals surface area contributed by atoms with Crippen LogP contribution in [0.5, 0.6) is 0 Å².